The third-order valence-electron chi connectivity index (χ3n) is 3.66. The Morgan fingerprint density at radius 3 is 2.57 bits per heavy atom. The Morgan fingerprint density at radius 1 is 1.29 bits per heavy atom. The van der Waals surface area contributed by atoms with Crippen molar-refractivity contribution in [3.8, 4) is 0 Å². The van der Waals surface area contributed by atoms with Crippen LogP contribution >= 0.6 is 0 Å². The summed E-state index contributed by atoms with van der Waals surface area (Å²) in [7, 11) is 1.89. The molecule has 5 nitrogen and oxygen atoms in total. The number of aliphatic carboxylic acids is 1. The summed E-state index contributed by atoms with van der Waals surface area (Å²) in [5.74, 6) is -1.08. The molecule has 1 amide bonds. The van der Waals surface area contributed by atoms with E-state index in [4.69, 9.17) is 5.11 Å². The highest BCUT2D eigenvalue weighted by Crippen LogP contribution is 2.20. The number of aromatic nitrogens is 1. The van der Waals surface area contributed by atoms with Gasteiger partial charge in [-0.1, -0.05) is 32.0 Å². The van der Waals surface area contributed by atoms with E-state index in [0.29, 0.717) is 5.56 Å². The molecule has 0 fully saturated rings. The molecular formula is C16H20N2O3. The lowest BCUT2D eigenvalue weighted by Gasteiger charge is -2.20. The Bertz CT molecular complexity index is 673. The van der Waals surface area contributed by atoms with Crippen LogP contribution in [-0.2, 0) is 11.8 Å². The van der Waals surface area contributed by atoms with Crippen LogP contribution in [0.4, 0.5) is 0 Å². The number of amides is 1. The number of aryl methyl sites for hydroxylation is 1. The largest absolute Gasteiger partial charge is 0.481 e. The fraction of sp³-hybridized carbons (Fsp3) is 0.375. The van der Waals surface area contributed by atoms with Crippen LogP contribution in [0.2, 0.25) is 0 Å². The summed E-state index contributed by atoms with van der Waals surface area (Å²) < 4.78 is 1.89. The van der Waals surface area contributed by atoms with E-state index in [9.17, 15) is 9.59 Å². The first kappa shape index (κ1) is 15.1. The van der Waals surface area contributed by atoms with E-state index in [1.54, 1.807) is 6.20 Å². The number of fused-ring (bicyclic) bond motifs is 1. The number of carbonyl (C=O) groups is 2. The number of hydrogen-bond acceptors (Lipinski definition) is 2. The van der Waals surface area contributed by atoms with Crippen molar-refractivity contribution in [2.75, 3.05) is 0 Å². The van der Waals surface area contributed by atoms with Gasteiger partial charge in [-0.15, -0.1) is 0 Å². The molecule has 0 aliphatic rings. The highest BCUT2D eigenvalue weighted by molar-refractivity contribution is 6.07. The third kappa shape index (κ3) is 3.24. The molecule has 2 N–H and O–H groups in total. The van der Waals surface area contributed by atoms with E-state index < -0.39 is 5.97 Å². The van der Waals surface area contributed by atoms with Gasteiger partial charge in [0.2, 0.25) is 0 Å². The summed E-state index contributed by atoms with van der Waals surface area (Å²) in [5, 5.41) is 12.6. The summed E-state index contributed by atoms with van der Waals surface area (Å²) in [5.41, 5.74) is 1.55. The molecule has 0 spiro atoms. The normalized spacial score (nSPS) is 12.6. The second-order valence-electron chi connectivity index (χ2n) is 5.59. The Hall–Kier alpha value is -2.30. The summed E-state index contributed by atoms with van der Waals surface area (Å²) in [6.07, 6.45) is 1.70. The van der Waals surface area contributed by atoms with E-state index >= 15 is 0 Å². The van der Waals surface area contributed by atoms with Crippen molar-refractivity contribution < 1.29 is 14.7 Å². The summed E-state index contributed by atoms with van der Waals surface area (Å²) >= 11 is 0. The van der Waals surface area contributed by atoms with Gasteiger partial charge >= 0.3 is 5.97 Å². The topological polar surface area (TPSA) is 71.3 Å². The van der Waals surface area contributed by atoms with Crippen LogP contribution in [-0.4, -0.2) is 27.6 Å². The molecule has 0 aliphatic heterocycles. The fourth-order valence-corrected chi connectivity index (χ4v) is 2.41. The lowest BCUT2D eigenvalue weighted by Crippen LogP contribution is -2.40. The molecule has 2 rings (SSSR count). The molecule has 1 aromatic carbocycles. The first-order valence-electron chi connectivity index (χ1n) is 6.97. The van der Waals surface area contributed by atoms with E-state index in [1.807, 2.05) is 49.7 Å². The number of benzene rings is 1. The molecule has 0 saturated carbocycles. The van der Waals surface area contributed by atoms with Crippen LogP contribution in [0.5, 0.6) is 0 Å². The predicted molar refractivity (Wildman–Crippen MR) is 81.3 cm³/mol. The average molecular weight is 288 g/mol. The van der Waals surface area contributed by atoms with Gasteiger partial charge in [0.05, 0.1) is 12.0 Å². The molecule has 0 bridgehead atoms. The highest BCUT2D eigenvalue weighted by Gasteiger charge is 2.22. The number of hydrogen-bond donors (Lipinski definition) is 2. The first-order chi connectivity index (χ1) is 9.90. The number of nitrogens with zero attached hydrogens (tertiary/aromatic N) is 1. The van der Waals surface area contributed by atoms with Crippen LogP contribution in [0.25, 0.3) is 10.9 Å². The average Bonchev–Trinajstić information content (AvgIpc) is 2.75. The standard InChI is InChI=1S/C16H20N2O3/c1-10(2)13(8-15(19)20)17-16(21)12-9-18(3)14-7-5-4-6-11(12)14/h4-7,9-10,13H,8H2,1-3H3,(H,17,21)(H,19,20). The van der Waals surface area contributed by atoms with Gasteiger partial charge in [0.15, 0.2) is 0 Å². The minimum atomic E-state index is -0.910. The molecule has 0 saturated heterocycles. The third-order valence-corrected chi connectivity index (χ3v) is 3.66. The zero-order valence-corrected chi connectivity index (χ0v) is 12.5. The van der Waals surface area contributed by atoms with Crippen molar-refractivity contribution in [3.63, 3.8) is 0 Å². The fourth-order valence-electron chi connectivity index (χ4n) is 2.41. The van der Waals surface area contributed by atoms with Crippen LogP contribution < -0.4 is 5.32 Å². The van der Waals surface area contributed by atoms with Crippen LogP contribution in [0.3, 0.4) is 0 Å². The Balaban J connectivity index is 2.27. The van der Waals surface area contributed by atoms with Gasteiger partial charge in [-0.3, -0.25) is 9.59 Å². The molecule has 1 unspecified atom stereocenters. The number of rotatable bonds is 5. The predicted octanol–water partition coefficient (Wildman–Crippen LogP) is 2.41. The zero-order valence-electron chi connectivity index (χ0n) is 12.5. The van der Waals surface area contributed by atoms with Crippen molar-refractivity contribution in [1.82, 2.24) is 9.88 Å². The molecule has 1 heterocycles. The van der Waals surface area contributed by atoms with Crippen LogP contribution in [0.1, 0.15) is 30.6 Å². The van der Waals surface area contributed by atoms with Gasteiger partial charge < -0.3 is 15.0 Å². The molecule has 0 radical (unpaired) electrons. The van der Waals surface area contributed by atoms with Gasteiger partial charge in [-0.05, 0) is 12.0 Å². The lowest BCUT2D eigenvalue weighted by molar-refractivity contribution is -0.137. The van der Waals surface area contributed by atoms with Gasteiger partial charge in [0, 0.05) is 30.2 Å². The summed E-state index contributed by atoms with van der Waals surface area (Å²) in [6.45, 7) is 3.80. The number of carboxylic acid groups (broad SMARTS) is 1. The Morgan fingerprint density at radius 2 is 1.95 bits per heavy atom. The number of nitrogens with one attached hydrogen (secondary N) is 1. The van der Waals surface area contributed by atoms with Gasteiger partial charge in [0.1, 0.15) is 0 Å². The molecule has 5 heteroatoms. The maximum Gasteiger partial charge on any atom is 0.305 e. The van der Waals surface area contributed by atoms with Gasteiger partial charge in [-0.25, -0.2) is 0 Å². The molecule has 1 atom stereocenters. The van der Waals surface area contributed by atoms with Gasteiger partial charge in [0.25, 0.3) is 5.91 Å². The Labute approximate surface area is 123 Å². The molecule has 2 aromatic rings. The van der Waals surface area contributed by atoms with Crippen molar-refractivity contribution in [2.24, 2.45) is 13.0 Å². The summed E-state index contributed by atoms with van der Waals surface area (Å²) in [6, 6.07) is 7.27. The Kier molecular flexibility index (Phi) is 4.31. The maximum absolute atomic E-state index is 12.5. The van der Waals surface area contributed by atoms with Crippen molar-refractivity contribution in [2.45, 2.75) is 26.3 Å². The van der Waals surface area contributed by atoms with E-state index in [-0.39, 0.29) is 24.3 Å². The number of para-hydroxylation sites is 1. The maximum atomic E-state index is 12.5. The SMILES string of the molecule is CC(C)C(CC(=O)O)NC(=O)c1cn(C)c2ccccc12. The van der Waals surface area contributed by atoms with Crippen LogP contribution in [0, 0.1) is 5.92 Å². The van der Waals surface area contributed by atoms with Gasteiger partial charge in [-0.2, -0.15) is 0 Å². The van der Waals surface area contributed by atoms with Crippen molar-refractivity contribution >= 4 is 22.8 Å². The summed E-state index contributed by atoms with van der Waals surface area (Å²) in [4.78, 5) is 23.3. The minimum Gasteiger partial charge on any atom is -0.481 e. The molecular weight excluding hydrogens is 268 g/mol. The molecule has 0 aliphatic carbocycles. The highest BCUT2D eigenvalue weighted by atomic mass is 16.4. The molecule has 1 aromatic heterocycles. The first-order valence-corrected chi connectivity index (χ1v) is 6.97. The van der Waals surface area contributed by atoms with Crippen molar-refractivity contribution in [3.05, 3.63) is 36.0 Å². The second kappa shape index (κ2) is 5.99. The second-order valence-corrected chi connectivity index (χ2v) is 5.59. The lowest BCUT2D eigenvalue weighted by atomic mass is 10.0. The van der Waals surface area contributed by atoms with E-state index in [2.05, 4.69) is 5.32 Å². The van der Waals surface area contributed by atoms with E-state index in [0.717, 1.165) is 10.9 Å². The quantitative estimate of drug-likeness (QED) is 0.887. The van der Waals surface area contributed by atoms with Crippen LogP contribution in [0.15, 0.2) is 30.5 Å². The van der Waals surface area contributed by atoms with E-state index in [1.165, 1.54) is 0 Å². The smallest absolute Gasteiger partial charge is 0.305 e. The minimum absolute atomic E-state index is 0.0556. The molecule has 112 valence electrons. The van der Waals surface area contributed by atoms with Crippen molar-refractivity contribution in [1.29, 1.82) is 0 Å². The number of carboxylic acids is 1. The zero-order chi connectivity index (χ0) is 15.6. The monoisotopic (exact) mass is 288 g/mol. The molecule has 21 heavy (non-hydrogen) atoms. The number of carbonyl (C=O) groups excluding carboxylic acids is 1.